The summed E-state index contributed by atoms with van der Waals surface area (Å²) >= 11 is 0. The molecule has 0 aliphatic carbocycles. The van der Waals surface area contributed by atoms with Crippen LogP contribution < -0.4 is 0 Å². The van der Waals surface area contributed by atoms with Gasteiger partial charge in [0.15, 0.2) is 12.0 Å². The number of rotatable bonds is 4. The fourth-order valence-electron chi connectivity index (χ4n) is 1.15. The molecule has 0 saturated carbocycles. The SMILES string of the molecule is CCC(C)c1cc(C=O)c(C(F)F)o1. The molecule has 0 aromatic carbocycles. The van der Waals surface area contributed by atoms with Crippen molar-refractivity contribution in [2.45, 2.75) is 32.6 Å². The molecule has 4 heteroatoms. The van der Waals surface area contributed by atoms with Crippen molar-refractivity contribution in [1.82, 2.24) is 0 Å². The van der Waals surface area contributed by atoms with E-state index in [1.165, 1.54) is 6.07 Å². The van der Waals surface area contributed by atoms with Crippen molar-refractivity contribution >= 4 is 6.29 Å². The van der Waals surface area contributed by atoms with Gasteiger partial charge in [0.05, 0.1) is 5.56 Å². The number of furan rings is 1. The highest BCUT2D eigenvalue weighted by atomic mass is 19.3. The highest BCUT2D eigenvalue weighted by Crippen LogP contribution is 2.29. The lowest BCUT2D eigenvalue weighted by molar-refractivity contribution is 0.106. The van der Waals surface area contributed by atoms with Gasteiger partial charge in [-0.05, 0) is 12.5 Å². The zero-order valence-electron chi connectivity index (χ0n) is 8.09. The first kappa shape index (κ1) is 10.9. The number of alkyl halides is 2. The highest BCUT2D eigenvalue weighted by Gasteiger charge is 2.21. The summed E-state index contributed by atoms with van der Waals surface area (Å²) in [4.78, 5) is 10.5. The van der Waals surface area contributed by atoms with Gasteiger partial charge in [-0.2, -0.15) is 0 Å². The predicted octanol–water partition coefficient (Wildman–Crippen LogP) is 3.54. The number of halogens is 2. The monoisotopic (exact) mass is 202 g/mol. The van der Waals surface area contributed by atoms with Gasteiger partial charge in [-0.3, -0.25) is 4.79 Å². The second-order valence-electron chi connectivity index (χ2n) is 3.20. The third-order valence-electron chi connectivity index (χ3n) is 2.23. The quantitative estimate of drug-likeness (QED) is 0.699. The van der Waals surface area contributed by atoms with Gasteiger partial charge in [-0.25, -0.2) is 8.78 Å². The lowest BCUT2D eigenvalue weighted by Crippen LogP contribution is -1.87. The van der Waals surface area contributed by atoms with Gasteiger partial charge in [0.2, 0.25) is 0 Å². The molecule has 0 bridgehead atoms. The van der Waals surface area contributed by atoms with Crippen molar-refractivity contribution < 1.29 is 18.0 Å². The molecule has 1 heterocycles. The maximum Gasteiger partial charge on any atom is 0.296 e. The molecule has 2 nitrogen and oxygen atoms in total. The molecule has 1 atom stereocenters. The molecule has 0 aliphatic heterocycles. The number of carbonyl (C=O) groups excluding carboxylic acids is 1. The van der Waals surface area contributed by atoms with Crippen LogP contribution in [0.25, 0.3) is 0 Å². The Morgan fingerprint density at radius 1 is 1.57 bits per heavy atom. The van der Waals surface area contributed by atoms with E-state index in [4.69, 9.17) is 4.42 Å². The standard InChI is InChI=1S/C10H12F2O2/c1-3-6(2)8-4-7(5-13)9(14-8)10(11)12/h4-6,10H,3H2,1-2H3. The van der Waals surface area contributed by atoms with Gasteiger partial charge in [-0.1, -0.05) is 13.8 Å². The van der Waals surface area contributed by atoms with Crippen LogP contribution >= 0.6 is 0 Å². The van der Waals surface area contributed by atoms with Gasteiger partial charge in [0.1, 0.15) is 5.76 Å². The Hall–Kier alpha value is -1.19. The summed E-state index contributed by atoms with van der Waals surface area (Å²) in [7, 11) is 0. The van der Waals surface area contributed by atoms with Gasteiger partial charge in [0.25, 0.3) is 6.43 Å². The Labute approximate surface area is 80.9 Å². The molecule has 14 heavy (non-hydrogen) atoms. The van der Waals surface area contributed by atoms with E-state index >= 15 is 0 Å². The second kappa shape index (κ2) is 4.35. The Bertz CT molecular complexity index is 318. The van der Waals surface area contributed by atoms with Crippen LogP contribution in [0.1, 0.15) is 54.5 Å². The van der Waals surface area contributed by atoms with E-state index in [0.717, 1.165) is 6.42 Å². The van der Waals surface area contributed by atoms with Gasteiger partial charge in [-0.15, -0.1) is 0 Å². The molecule has 0 N–H and O–H groups in total. The van der Waals surface area contributed by atoms with E-state index in [1.54, 1.807) is 0 Å². The maximum atomic E-state index is 12.3. The van der Waals surface area contributed by atoms with Crippen LogP contribution in [0.15, 0.2) is 10.5 Å². The van der Waals surface area contributed by atoms with E-state index < -0.39 is 12.2 Å². The lowest BCUT2D eigenvalue weighted by atomic mass is 10.1. The molecule has 0 amide bonds. The van der Waals surface area contributed by atoms with Gasteiger partial charge < -0.3 is 4.42 Å². The summed E-state index contributed by atoms with van der Waals surface area (Å²) in [5.41, 5.74) is -0.0460. The lowest BCUT2D eigenvalue weighted by Gasteiger charge is -2.02. The first-order valence-corrected chi connectivity index (χ1v) is 4.47. The van der Waals surface area contributed by atoms with E-state index in [2.05, 4.69) is 0 Å². The van der Waals surface area contributed by atoms with Gasteiger partial charge in [0, 0.05) is 5.92 Å². The molecule has 0 aliphatic rings. The fraction of sp³-hybridized carbons (Fsp3) is 0.500. The average Bonchev–Trinajstić information content (AvgIpc) is 2.60. The largest absolute Gasteiger partial charge is 0.459 e. The zero-order valence-corrected chi connectivity index (χ0v) is 8.09. The molecule has 0 saturated heterocycles. The summed E-state index contributed by atoms with van der Waals surface area (Å²) in [6.07, 6.45) is -1.54. The Balaban J connectivity index is 3.06. The third kappa shape index (κ3) is 2.00. The Morgan fingerprint density at radius 2 is 2.21 bits per heavy atom. The Kier molecular flexibility index (Phi) is 3.38. The van der Waals surface area contributed by atoms with Crippen molar-refractivity contribution in [1.29, 1.82) is 0 Å². The smallest absolute Gasteiger partial charge is 0.296 e. The van der Waals surface area contributed by atoms with Crippen molar-refractivity contribution in [3.63, 3.8) is 0 Å². The molecule has 78 valence electrons. The second-order valence-corrected chi connectivity index (χ2v) is 3.20. The predicted molar refractivity (Wildman–Crippen MR) is 47.8 cm³/mol. The first-order chi connectivity index (χ1) is 6.60. The number of carbonyl (C=O) groups is 1. The van der Waals surface area contributed by atoms with E-state index in [-0.39, 0.29) is 11.5 Å². The Morgan fingerprint density at radius 3 is 2.57 bits per heavy atom. The molecule has 1 unspecified atom stereocenters. The first-order valence-electron chi connectivity index (χ1n) is 4.47. The van der Waals surface area contributed by atoms with Crippen molar-refractivity contribution in [2.75, 3.05) is 0 Å². The van der Waals surface area contributed by atoms with Crippen molar-refractivity contribution in [2.24, 2.45) is 0 Å². The molecule has 1 aromatic rings. The van der Waals surface area contributed by atoms with Crippen LogP contribution in [0.4, 0.5) is 8.78 Å². The molecule has 1 aromatic heterocycles. The summed E-state index contributed by atoms with van der Waals surface area (Å²) in [5.74, 6) is -0.0126. The fourth-order valence-corrected chi connectivity index (χ4v) is 1.15. The maximum absolute atomic E-state index is 12.3. The van der Waals surface area contributed by atoms with Crippen LogP contribution in [-0.2, 0) is 0 Å². The minimum atomic E-state index is -2.73. The minimum absolute atomic E-state index is 0.0460. The van der Waals surface area contributed by atoms with Gasteiger partial charge >= 0.3 is 0 Å². The van der Waals surface area contributed by atoms with E-state index in [1.807, 2.05) is 13.8 Å². The summed E-state index contributed by atoms with van der Waals surface area (Å²) in [6, 6.07) is 1.39. The summed E-state index contributed by atoms with van der Waals surface area (Å²) in [5, 5.41) is 0. The average molecular weight is 202 g/mol. The van der Waals surface area contributed by atoms with Crippen LogP contribution in [-0.4, -0.2) is 6.29 Å². The molecule has 1 rings (SSSR count). The highest BCUT2D eigenvalue weighted by molar-refractivity contribution is 5.76. The van der Waals surface area contributed by atoms with Crippen LogP contribution in [0.2, 0.25) is 0 Å². The number of aldehydes is 1. The molecule has 0 radical (unpaired) electrons. The van der Waals surface area contributed by atoms with Crippen LogP contribution in [0, 0.1) is 0 Å². The van der Waals surface area contributed by atoms with E-state index in [0.29, 0.717) is 12.0 Å². The molecular weight excluding hydrogens is 190 g/mol. The molecule has 0 spiro atoms. The summed E-state index contributed by atoms with van der Waals surface area (Å²) < 4.78 is 29.6. The van der Waals surface area contributed by atoms with Crippen LogP contribution in [0.3, 0.4) is 0 Å². The summed E-state index contributed by atoms with van der Waals surface area (Å²) in [6.45, 7) is 3.79. The number of hydrogen-bond acceptors (Lipinski definition) is 2. The third-order valence-corrected chi connectivity index (χ3v) is 2.23. The zero-order chi connectivity index (χ0) is 10.7. The van der Waals surface area contributed by atoms with Crippen molar-refractivity contribution in [3.8, 4) is 0 Å². The minimum Gasteiger partial charge on any atom is -0.459 e. The number of hydrogen-bond donors (Lipinski definition) is 0. The normalized spacial score (nSPS) is 13.2. The van der Waals surface area contributed by atoms with E-state index in [9.17, 15) is 13.6 Å². The molecule has 0 fully saturated rings. The molecular formula is C10H12F2O2. The topological polar surface area (TPSA) is 30.2 Å². The van der Waals surface area contributed by atoms with Crippen LogP contribution in [0.5, 0.6) is 0 Å². The van der Waals surface area contributed by atoms with Crippen molar-refractivity contribution in [3.05, 3.63) is 23.2 Å².